The van der Waals surface area contributed by atoms with Gasteiger partial charge in [-0.3, -0.25) is 9.59 Å². The van der Waals surface area contributed by atoms with Gasteiger partial charge in [-0.2, -0.15) is 0 Å². The zero-order valence-corrected chi connectivity index (χ0v) is 19.1. The van der Waals surface area contributed by atoms with Crippen LogP contribution in [-0.4, -0.2) is 36.8 Å². The van der Waals surface area contributed by atoms with Gasteiger partial charge in [0.25, 0.3) is 0 Å². The summed E-state index contributed by atoms with van der Waals surface area (Å²) in [6.07, 6.45) is 5.42. The largest absolute Gasteiger partial charge is 0.461 e. The van der Waals surface area contributed by atoms with E-state index in [4.69, 9.17) is 21.1 Å². The Morgan fingerprint density at radius 3 is 2.25 bits per heavy atom. The summed E-state index contributed by atoms with van der Waals surface area (Å²) in [4.78, 5) is 36.0. The van der Waals surface area contributed by atoms with E-state index >= 15 is 0 Å². The SMILES string of the molecule is C/C(=C\COC(=O)CCl)CC/C=C(\C)COC(=O)c1cccc(C(=O)c2ccccc2)c1. The number of ketones is 1. The Hall–Kier alpha value is -3.18. The van der Waals surface area contributed by atoms with Crippen LogP contribution in [0.25, 0.3) is 0 Å². The zero-order chi connectivity index (χ0) is 23.3. The second-order valence-electron chi connectivity index (χ2n) is 7.31. The number of esters is 2. The minimum Gasteiger partial charge on any atom is -0.461 e. The third kappa shape index (κ3) is 8.52. The first-order valence-electron chi connectivity index (χ1n) is 10.3. The van der Waals surface area contributed by atoms with Gasteiger partial charge in [-0.05, 0) is 50.5 Å². The van der Waals surface area contributed by atoms with E-state index in [0.29, 0.717) is 16.7 Å². The maximum atomic E-state index is 12.6. The van der Waals surface area contributed by atoms with E-state index in [1.807, 2.05) is 32.1 Å². The molecule has 0 amide bonds. The van der Waals surface area contributed by atoms with Crippen LogP contribution in [-0.2, 0) is 14.3 Å². The van der Waals surface area contributed by atoms with Crippen molar-refractivity contribution in [2.24, 2.45) is 0 Å². The number of allylic oxidation sites excluding steroid dienone is 2. The fourth-order valence-corrected chi connectivity index (χ4v) is 2.91. The van der Waals surface area contributed by atoms with Crippen LogP contribution < -0.4 is 0 Å². The minimum atomic E-state index is -0.474. The molecule has 0 fully saturated rings. The molecule has 2 rings (SSSR count). The second kappa shape index (κ2) is 13.3. The number of ether oxygens (including phenoxy) is 2. The average molecular weight is 455 g/mol. The molecular weight excluding hydrogens is 428 g/mol. The molecule has 0 saturated carbocycles. The van der Waals surface area contributed by atoms with Gasteiger partial charge in [0.1, 0.15) is 19.1 Å². The van der Waals surface area contributed by atoms with E-state index < -0.39 is 11.9 Å². The number of hydrogen-bond acceptors (Lipinski definition) is 5. The fourth-order valence-electron chi connectivity index (χ4n) is 2.83. The summed E-state index contributed by atoms with van der Waals surface area (Å²) >= 11 is 5.37. The molecule has 0 N–H and O–H groups in total. The quantitative estimate of drug-likeness (QED) is 0.193. The summed E-state index contributed by atoms with van der Waals surface area (Å²) < 4.78 is 10.3. The molecule has 0 radical (unpaired) electrons. The van der Waals surface area contributed by atoms with Crippen molar-refractivity contribution in [2.45, 2.75) is 26.7 Å². The molecule has 0 saturated heterocycles. The fraction of sp³-hybridized carbons (Fsp3) is 0.269. The summed E-state index contributed by atoms with van der Waals surface area (Å²) in [7, 11) is 0. The Labute approximate surface area is 193 Å². The number of hydrogen-bond donors (Lipinski definition) is 0. The highest BCUT2D eigenvalue weighted by Gasteiger charge is 2.13. The maximum absolute atomic E-state index is 12.6. The summed E-state index contributed by atoms with van der Waals surface area (Å²) in [5, 5.41) is 0. The summed E-state index contributed by atoms with van der Waals surface area (Å²) in [5.74, 6) is -1.21. The smallest absolute Gasteiger partial charge is 0.338 e. The molecule has 0 heterocycles. The van der Waals surface area contributed by atoms with E-state index in [2.05, 4.69) is 0 Å². The van der Waals surface area contributed by atoms with Gasteiger partial charge in [-0.15, -0.1) is 11.6 Å². The Morgan fingerprint density at radius 1 is 0.844 bits per heavy atom. The van der Waals surface area contributed by atoms with Crippen molar-refractivity contribution >= 4 is 29.3 Å². The normalized spacial score (nSPS) is 11.7. The molecule has 2 aromatic carbocycles. The van der Waals surface area contributed by atoms with Gasteiger partial charge >= 0.3 is 11.9 Å². The van der Waals surface area contributed by atoms with E-state index in [9.17, 15) is 14.4 Å². The Bertz CT molecular complexity index is 992. The lowest BCUT2D eigenvalue weighted by molar-refractivity contribution is -0.139. The van der Waals surface area contributed by atoms with Crippen LogP contribution in [0.2, 0.25) is 0 Å². The van der Waals surface area contributed by atoms with Gasteiger partial charge in [0.15, 0.2) is 5.78 Å². The lowest BCUT2D eigenvalue weighted by Crippen LogP contribution is -2.09. The number of halogens is 1. The molecule has 168 valence electrons. The van der Waals surface area contributed by atoms with Crippen molar-refractivity contribution in [1.82, 2.24) is 0 Å². The van der Waals surface area contributed by atoms with Crippen LogP contribution in [0, 0.1) is 0 Å². The van der Waals surface area contributed by atoms with Crippen molar-refractivity contribution < 1.29 is 23.9 Å². The summed E-state index contributed by atoms with van der Waals surface area (Å²) in [6.45, 7) is 4.24. The van der Waals surface area contributed by atoms with Gasteiger partial charge in [0, 0.05) is 11.1 Å². The van der Waals surface area contributed by atoms with Crippen LogP contribution >= 0.6 is 11.6 Å². The molecule has 0 aliphatic heterocycles. The van der Waals surface area contributed by atoms with Crippen molar-refractivity contribution in [3.05, 3.63) is 94.6 Å². The number of alkyl halides is 1. The van der Waals surface area contributed by atoms with Crippen molar-refractivity contribution in [1.29, 1.82) is 0 Å². The number of benzene rings is 2. The van der Waals surface area contributed by atoms with E-state index in [1.165, 1.54) is 0 Å². The highest BCUT2D eigenvalue weighted by Crippen LogP contribution is 2.13. The summed E-state index contributed by atoms with van der Waals surface area (Å²) in [5.41, 5.74) is 3.37. The van der Waals surface area contributed by atoms with Crippen LogP contribution in [0.15, 0.2) is 77.9 Å². The zero-order valence-electron chi connectivity index (χ0n) is 18.3. The van der Waals surface area contributed by atoms with Gasteiger partial charge in [-0.1, -0.05) is 54.1 Å². The van der Waals surface area contributed by atoms with Crippen LogP contribution in [0.4, 0.5) is 0 Å². The van der Waals surface area contributed by atoms with Crippen molar-refractivity contribution in [2.75, 3.05) is 19.1 Å². The molecule has 0 aliphatic carbocycles. The molecule has 32 heavy (non-hydrogen) atoms. The molecule has 0 bridgehead atoms. The van der Waals surface area contributed by atoms with Gasteiger partial charge in [-0.25, -0.2) is 4.79 Å². The molecule has 2 aromatic rings. The predicted octanol–water partition coefficient (Wildman–Crippen LogP) is 5.53. The standard InChI is InChI=1S/C26H27ClO5/c1-19(14-15-31-24(28)17-27)8-6-9-20(2)18-32-26(30)23-13-7-12-22(16-23)25(29)21-10-4-3-5-11-21/h3-5,7,9-14,16H,6,8,15,17-18H2,1-2H3/b19-14+,20-9+. The average Bonchev–Trinajstić information content (AvgIpc) is 2.82. The lowest BCUT2D eigenvalue weighted by atomic mass is 10.0. The van der Waals surface area contributed by atoms with Gasteiger partial charge < -0.3 is 9.47 Å². The number of carbonyl (C=O) groups excluding carboxylic acids is 3. The second-order valence-corrected chi connectivity index (χ2v) is 7.58. The molecule has 0 spiro atoms. The number of rotatable bonds is 11. The first-order valence-corrected chi connectivity index (χ1v) is 10.8. The number of carbonyl (C=O) groups is 3. The highest BCUT2D eigenvalue weighted by atomic mass is 35.5. The van der Waals surface area contributed by atoms with Gasteiger partial charge in [0.2, 0.25) is 0 Å². The molecule has 0 aromatic heterocycles. The van der Waals surface area contributed by atoms with E-state index in [-0.39, 0.29) is 24.9 Å². The minimum absolute atomic E-state index is 0.142. The molecule has 0 unspecified atom stereocenters. The van der Waals surface area contributed by atoms with Crippen molar-refractivity contribution in [3.8, 4) is 0 Å². The molecular formula is C26H27ClO5. The third-order valence-electron chi connectivity index (χ3n) is 4.64. The first-order chi connectivity index (χ1) is 15.4. The molecule has 5 nitrogen and oxygen atoms in total. The van der Waals surface area contributed by atoms with Gasteiger partial charge in [0.05, 0.1) is 5.56 Å². The topological polar surface area (TPSA) is 69.7 Å². The third-order valence-corrected chi connectivity index (χ3v) is 4.86. The Morgan fingerprint density at radius 2 is 1.53 bits per heavy atom. The monoisotopic (exact) mass is 454 g/mol. The highest BCUT2D eigenvalue weighted by molar-refractivity contribution is 6.26. The van der Waals surface area contributed by atoms with E-state index in [0.717, 1.165) is 24.0 Å². The first kappa shape index (κ1) is 25.1. The summed E-state index contributed by atoms with van der Waals surface area (Å²) in [6, 6.07) is 15.5. The van der Waals surface area contributed by atoms with E-state index in [1.54, 1.807) is 48.5 Å². The Kier molecular flexibility index (Phi) is 10.4. The van der Waals surface area contributed by atoms with Crippen LogP contribution in [0.1, 0.15) is 53.0 Å². The Balaban J connectivity index is 1.83. The molecule has 6 heteroatoms. The van der Waals surface area contributed by atoms with Crippen molar-refractivity contribution in [3.63, 3.8) is 0 Å². The maximum Gasteiger partial charge on any atom is 0.338 e. The predicted molar refractivity (Wildman–Crippen MR) is 125 cm³/mol. The van der Waals surface area contributed by atoms with Crippen LogP contribution in [0.3, 0.4) is 0 Å². The molecule has 0 atom stereocenters. The lowest BCUT2D eigenvalue weighted by Gasteiger charge is -2.07. The molecule has 0 aliphatic rings. The van der Waals surface area contributed by atoms with Crippen LogP contribution in [0.5, 0.6) is 0 Å².